The average Bonchev–Trinajstić information content (AvgIpc) is 3.53. The van der Waals surface area contributed by atoms with E-state index >= 15 is 0 Å². The van der Waals surface area contributed by atoms with E-state index in [2.05, 4.69) is 17.1 Å². The number of fused-ring (bicyclic) bond motifs is 1. The first-order valence-corrected chi connectivity index (χ1v) is 10.7. The lowest BCUT2D eigenvalue weighted by atomic mass is 9.70. The van der Waals surface area contributed by atoms with Gasteiger partial charge in [0.2, 0.25) is 0 Å². The van der Waals surface area contributed by atoms with Crippen LogP contribution in [0, 0.1) is 0 Å². The Balaban J connectivity index is 1.51. The summed E-state index contributed by atoms with van der Waals surface area (Å²) >= 11 is 0. The quantitative estimate of drug-likeness (QED) is 0.503. The molecule has 1 saturated heterocycles. The Morgan fingerprint density at radius 2 is 1.78 bits per heavy atom. The Labute approximate surface area is 185 Å². The molecule has 162 valence electrons. The van der Waals surface area contributed by atoms with Gasteiger partial charge in [0.15, 0.2) is 0 Å². The maximum atomic E-state index is 12.8. The van der Waals surface area contributed by atoms with Gasteiger partial charge in [0.25, 0.3) is 5.91 Å². The zero-order valence-electron chi connectivity index (χ0n) is 17.8. The van der Waals surface area contributed by atoms with Crippen molar-refractivity contribution in [2.45, 2.75) is 18.3 Å². The van der Waals surface area contributed by atoms with Gasteiger partial charge in [-0.2, -0.15) is 0 Å². The molecule has 3 aromatic heterocycles. The molecule has 1 amide bonds. The van der Waals surface area contributed by atoms with Crippen LogP contribution in [-0.2, 0) is 10.2 Å². The maximum absolute atomic E-state index is 12.8. The highest BCUT2D eigenvalue weighted by molar-refractivity contribution is 5.92. The Morgan fingerprint density at radius 1 is 1.00 bits per heavy atom. The van der Waals surface area contributed by atoms with Crippen molar-refractivity contribution in [3.63, 3.8) is 0 Å². The van der Waals surface area contributed by atoms with E-state index in [-0.39, 0.29) is 17.3 Å². The summed E-state index contributed by atoms with van der Waals surface area (Å²) in [7, 11) is 1.37. The van der Waals surface area contributed by atoms with Crippen molar-refractivity contribution in [3.05, 3.63) is 95.7 Å². The molecule has 5 rings (SSSR count). The lowest BCUT2D eigenvalue weighted by molar-refractivity contribution is 0.0599. The number of benzene rings is 1. The molecule has 0 aliphatic carbocycles. The van der Waals surface area contributed by atoms with Crippen molar-refractivity contribution in [3.8, 4) is 0 Å². The van der Waals surface area contributed by atoms with Crippen LogP contribution in [0.2, 0.25) is 0 Å². The van der Waals surface area contributed by atoms with E-state index in [1.165, 1.54) is 12.7 Å². The standard InChI is InChI=1S/C25H24N4O3/c1-32-24(31)18-9-10-22-27-21(17-29(22)16-18)25(19-6-3-2-4-7-19)11-14-28(15-12-25)23(30)20-8-5-13-26-20/h2-10,13,16-17,26H,11-12,14-15H2,1H3. The fourth-order valence-corrected chi connectivity index (χ4v) is 4.64. The van der Waals surface area contributed by atoms with Crippen LogP contribution >= 0.6 is 0 Å². The van der Waals surface area contributed by atoms with Gasteiger partial charge in [-0.25, -0.2) is 9.78 Å². The molecule has 0 radical (unpaired) electrons. The van der Waals surface area contributed by atoms with Gasteiger partial charge >= 0.3 is 5.97 Å². The van der Waals surface area contributed by atoms with Crippen molar-refractivity contribution >= 4 is 17.5 Å². The number of hydrogen-bond acceptors (Lipinski definition) is 4. The number of likely N-dealkylation sites (tertiary alicyclic amines) is 1. The SMILES string of the molecule is COC(=O)c1ccc2nc(C3(c4ccccc4)CCN(C(=O)c4ccc[nH]4)CC3)cn2c1. The number of pyridine rings is 1. The fourth-order valence-electron chi connectivity index (χ4n) is 4.64. The molecule has 4 heterocycles. The molecule has 0 bridgehead atoms. The number of H-pyrrole nitrogens is 1. The Morgan fingerprint density at radius 3 is 2.47 bits per heavy atom. The molecule has 1 aromatic carbocycles. The van der Waals surface area contributed by atoms with E-state index < -0.39 is 0 Å². The van der Waals surface area contributed by atoms with Crippen LogP contribution in [0.4, 0.5) is 0 Å². The molecule has 0 spiro atoms. The minimum atomic E-state index is -0.379. The number of rotatable bonds is 4. The number of carbonyl (C=O) groups is 2. The maximum Gasteiger partial charge on any atom is 0.339 e. The number of imidazole rings is 1. The highest BCUT2D eigenvalue weighted by Crippen LogP contribution is 2.41. The topological polar surface area (TPSA) is 79.7 Å². The van der Waals surface area contributed by atoms with Crippen LogP contribution in [0.25, 0.3) is 5.65 Å². The fraction of sp³-hybridized carbons (Fsp3) is 0.240. The zero-order chi connectivity index (χ0) is 22.1. The molecule has 1 fully saturated rings. The van der Waals surface area contributed by atoms with Crippen LogP contribution in [0.15, 0.2) is 73.2 Å². The van der Waals surface area contributed by atoms with E-state index in [9.17, 15) is 9.59 Å². The third kappa shape index (κ3) is 3.36. The second kappa shape index (κ2) is 8.00. The number of piperidine rings is 1. The van der Waals surface area contributed by atoms with Crippen molar-refractivity contribution < 1.29 is 14.3 Å². The van der Waals surface area contributed by atoms with Crippen LogP contribution in [0.3, 0.4) is 0 Å². The molecule has 1 aliphatic rings. The summed E-state index contributed by atoms with van der Waals surface area (Å²) in [6.45, 7) is 1.27. The summed E-state index contributed by atoms with van der Waals surface area (Å²) < 4.78 is 6.73. The van der Waals surface area contributed by atoms with Gasteiger partial charge in [-0.3, -0.25) is 4.79 Å². The molecular weight excluding hydrogens is 404 g/mol. The summed E-state index contributed by atoms with van der Waals surface area (Å²) in [6.07, 6.45) is 7.04. The Kier molecular flexibility index (Phi) is 5.01. The molecule has 32 heavy (non-hydrogen) atoms. The van der Waals surface area contributed by atoms with Crippen LogP contribution < -0.4 is 0 Å². The van der Waals surface area contributed by atoms with E-state index in [0.29, 0.717) is 24.3 Å². The normalized spacial score (nSPS) is 15.6. The van der Waals surface area contributed by atoms with Crippen molar-refractivity contribution in [2.24, 2.45) is 0 Å². The zero-order valence-corrected chi connectivity index (χ0v) is 17.8. The average molecular weight is 428 g/mol. The summed E-state index contributed by atoms with van der Waals surface area (Å²) in [4.78, 5) is 34.6. The van der Waals surface area contributed by atoms with Crippen molar-refractivity contribution in [1.29, 1.82) is 0 Å². The number of hydrogen-bond donors (Lipinski definition) is 1. The first-order valence-electron chi connectivity index (χ1n) is 10.7. The number of aromatic amines is 1. The second-order valence-corrected chi connectivity index (χ2v) is 8.13. The van der Waals surface area contributed by atoms with E-state index in [1.54, 1.807) is 18.5 Å². The van der Waals surface area contributed by atoms with Gasteiger partial charge in [0.05, 0.1) is 18.4 Å². The van der Waals surface area contributed by atoms with Gasteiger partial charge in [-0.1, -0.05) is 30.3 Å². The number of esters is 1. The largest absolute Gasteiger partial charge is 0.465 e. The first-order chi connectivity index (χ1) is 15.6. The number of nitrogens with one attached hydrogen (secondary N) is 1. The molecule has 4 aromatic rings. The number of ether oxygens (including phenoxy) is 1. The predicted octanol–water partition coefficient (Wildman–Crippen LogP) is 3.67. The van der Waals surface area contributed by atoms with E-state index in [0.717, 1.165) is 24.2 Å². The molecular formula is C25H24N4O3. The first kappa shape index (κ1) is 20.1. The number of amides is 1. The minimum absolute atomic E-state index is 0.0226. The molecule has 0 saturated carbocycles. The minimum Gasteiger partial charge on any atom is -0.465 e. The highest BCUT2D eigenvalue weighted by atomic mass is 16.5. The number of carbonyl (C=O) groups excluding carboxylic acids is 2. The lowest BCUT2D eigenvalue weighted by Gasteiger charge is -2.41. The highest BCUT2D eigenvalue weighted by Gasteiger charge is 2.41. The Bertz CT molecular complexity index is 1250. The summed E-state index contributed by atoms with van der Waals surface area (Å²) in [6, 6.07) is 17.6. The summed E-state index contributed by atoms with van der Waals surface area (Å²) in [5.41, 5.74) is 3.67. The van der Waals surface area contributed by atoms with E-state index in [4.69, 9.17) is 9.72 Å². The van der Waals surface area contributed by atoms with Gasteiger partial charge in [-0.15, -0.1) is 0 Å². The molecule has 0 atom stereocenters. The molecule has 7 nitrogen and oxygen atoms in total. The lowest BCUT2D eigenvalue weighted by Crippen LogP contribution is -2.46. The second-order valence-electron chi connectivity index (χ2n) is 8.13. The van der Waals surface area contributed by atoms with Gasteiger partial charge < -0.3 is 19.0 Å². The van der Waals surface area contributed by atoms with Crippen molar-refractivity contribution in [2.75, 3.05) is 20.2 Å². The third-order valence-electron chi connectivity index (χ3n) is 6.42. The van der Waals surface area contributed by atoms with Crippen molar-refractivity contribution in [1.82, 2.24) is 19.3 Å². The monoisotopic (exact) mass is 428 g/mol. The number of methoxy groups -OCH3 is 1. The molecule has 1 N–H and O–H groups in total. The third-order valence-corrected chi connectivity index (χ3v) is 6.42. The predicted molar refractivity (Wildman–Crippen MR) is 120 cm³/mol. The van der Waals surface area contributed by atoms with Gasteiger partial charge in [-0.05, 0) is 42.7 Å². The summed E-state index contributed by atoms with van der Waals surface area (Å²) in [5, 5.41) is 0. The Hall–Kier alpha value is -3.87. The smallest absolute Gasteiger partial charge is 0.339 e. The summed E-state index contributed by atoms with van der Waals surface area (Å²) in [5.74, 6) is -0.356. The van der Waals surface area contributed by atoms with Crippen LogP contribution in [-0.4, -0.2) is 51.3 Å². The van der Waals surface area contributed by atoms with Gasteiger partial charge in [0, 0.05) is 37.1 Å². The molecule has 7 heteroatoms. The van der Waals surface area contributed by atoms with Gasteiger partial charge in [0.1, 0.15) is 11.3 Å². The molecule has 1 aliphatic heterocycles. The number of aromatic nitrogens is 3. The van der Waals surface area contributed by atoms with E-state index in [1.807, 2.05) is 51.9 Å². The number of nitrogens with zero attached hydrogens (tertiary/aromatic N) is 3. The van der Waals surface area contributed by atoms with Crippen LogP contribution in [0.5, 0.6) is 0 Å². The van der Waals surface area contributed by atoms with Crippen LogP contribution in [0.1, 0.15) is 44.9 Å². The molecule has 0 unspecified atom stereocenters.